The lowest BCUT2D eigenvalue weighted by atomic mass is 10.0. The largest absolute Gasteiger partial charge is 0.341 e. The summed E-state index contributed by atoms with van der Waals surface area (Å²) in [5, 5.41) is 15.1. The molecule has 1 aliphatic rings. The zero-order valence-corrected chi connectivity index (χ0v) is 9.01. The van der Waals surface area contributed by atoms with Crippen molar-refractivity contribution < 1.29 is 23.0 Å². The number of nitrogens with zero attached hydrogens (tertiary/aromatic N) is 2. The van der Waals surface area contributed by atoms with Crippen LogP contribution in [0.2, 0.25) is 0 Å². The van der Waals surface area contributed by atoms with E-state index in [9.17, 15) is 33.4 Å². The van der Waals surface area contributed by atoms with E-state index in [0.29, 0.717) is 0 Å². The van der Waals surface area contributed by atoms with Crippen molar-refractivity contribution in [2.45, 2.75) is 11.1 Å². The van der Waals surface area contributed by atoms with Gasteiger partial charge in [-0.25, -0.2) is 4.39 Å². The summed E-state index contributed by atoms with van der Waals surface area (Å²) in [7, 11) is 0. The highest BCUT2D eigenvalue weighted by Gasteiger charge is 2.67. The predicted molar refractivity (Wildman–Crippen MR) is 49.6 cm³/mol. The van der Waals surface area contributed by atoms with Gasteiger partial charge < -0.3 is 0 Å². The van der Waals surface area contributed by atoms with Crippen LogP contribution in [0.1, 0.15) is 0 Å². The van der Waals surface area contributed by atoms with Gasteiger partial charge in [0.05, 0.1) is 15.9 Å². The fraction of sp³-hybridized carbons (Fsp3) is 0.333. The molecule has 11 heteroatoms. The fourth-order valence-electron chi connectivity index (χ4n) is 1.07. The molecule has 0 spiro atoms. The summed E-state index contributed by atoms with van der Waals surface area (Å²) in [6, 6.07) is 0. The molecule has 0 aromatic heterocycles. The number of alkyl halides is 4. The molecule has 0 saturated carbocycles. The first-order chi connectivity index (χ1) is 7.52. The maximum absolute atomic E-state index is 13.4. The Bertz CT molecular complexity index is 474. The molecule has 0 bridgehead atoms. The lowest BCUT2D eigenvalue weighted by molar-refractivity contribution is -0.451. The summed E-state index contributed by atoms with van der Waals surface area (Å²) in [6.45, 7) is 0. The highest BCUT2D eigenvalue weighted by Crippen LogP contribution is 2.50. The van der Waals surface area contributed by atoms with Gasteiger partial charge in [0.15, 0.2) is 5.03 Å². The molecule has 1 atom stereocenters. The third-order valence-electron chi connectivity index (χ3n) is 1.85. The molecule has 0 amide bonds. The van der Waals surface area contributed by atoms with Crippen LogP contribution in [0.3, 0.4) is 0 Å². The monoisotopic (exact) mass is 292 g/mol. The first-order valence-corrected chi connectivity index (χ1v) is 4.46. The molecule has 0 saturated heterocycles. The number of rotatable bonds is 2. The van der Waals surface area contributed by atoms with Crippen LogP contribution in [0.4, 0.5) is 13.2 Å². The molecular weight excluding hydrogens is 292 g/mol. The van der Waals surface area contributed by atoms with E-state index in [2.05, 4.69) is 0 Å². The lowest BCUT2D eigenvalue weighted by Crippen LogP contribution is -2.45. The normalized spacial score (nSPS) is 27.7. The van der Waals surface area contributed by atoms with Crippen LogP contribution >= 0.6 is 23.2 Å². The Morgan fingerprint density at radius 3 is 2.00 bits per heavy atom. The van der Waals surface area contributed by atoms with Crippen LogP contribution in [0.25, 0.3) is 0 Å². The van der Waals surface area contributed by atoms with Crippen molar-refractivity contribution in [3.63, 3.8) is 0 Å². The molecule has 0 fully saturated rings. The Kier molecular flexibility index (Phi) is 3.10. The van der Waals surface area contributed by atoms with Crippen LogP contribution in [0.15, 0.2) is 22.5 Å². The van der Waals surface area contributed by atoms with E-state index in [1.165, 1.54) is 0 Å². The minimum atomic E-state index is -4.63. The molecule has 0 heterocycles. The van der Waals surface area contributed by atoms with Crippen LogP contribution in [-0.4, -0.2) is 20.9 Å². The molecule has 1 unspecified atom stereocenters. The first kappa shape index (κ1) is 13.7. The third kappa shape index (κ3) is 1.95. The van der Waals surface area contributed by atoms with E-state index < -0.39 is 43.4 Å². The Morgan fingerprint density at radius 2 is 1.65 bits per heavy atom. The maximum Gasteiger partial charge on any atom is 0.341 e. The van der Waals surface area contributed by atoms with E-state index in [4.69, 9.17) is 23.2 Å². The van der Waals surface area contributed by atoms with Crippen molar-refractivity contribution in [1.82, 2.24) is 0 Å². The van der Waals surface area contributed by atoms with E-state index >= 15 is 0 Å². The van der Waals surface area contributed by atoms with Crippen molar-refractivity contribution >= 4 is 23.2 Å². The molecule has 1 rings (SSSR count). The summed E-state index contributed by atoms with van der Waals surface area (Å²) in [5.74, 6) is -4.63. The molecule has 17 heavy (non-hydrogen) atoms. The Morgan fingerprint density at radius 1 is 1.18 bits per heavy atom. The van der Waals surface area contributed by atoms with Gasteiger partial charge in [0.25, 0.3) is 5.70 Å². The number of nitro groups is 2. The van der Waals surface area contributed by atoms with Gasteiger partial charge in [-0.3, -0.25) is 20.2 Å². The number of hydrogen-bond acceptors (Lipinski definition) is 4. The Hall–Kier alpha value is -1.35. The highest BCUT2D eigenvalue weighted by atomic mass is 35.5. The van der Waals surface area contributed by atoms with Crippen molar-refractivity contribution in [1.29, 1.82) is 0 Å². The van der Waals surface area contributed by atoms with Gasteiger partial charge in [0, 0.05) is 0 Å². The van der Waals surface area contributed by atoms with Crippen LogP contribution in [-0.2, 0) is 0 Å². The molecule has 0 aromatic carbocycles. The van der Waals surface area contributed by atoms with Gasteiger partial charge >= 0.3 is 16.7 Å². The van der Waals surface area contributed by atoms with E-state index in [0.717, 1.165) is 0 Å². The number of halogens is 5. The maximum atomic E-state index is 13.4. The summed E-state index contributed by atoms with van der Waals surface area (Å²) in [6.07, 6.45) is -0.463. The average Bonchev–Trinajstić information content (AvgIpc) is 2.10. The highest BCUT2D eigenvalue weighted by molar-refractivity contribution is 6.34. The topological polar surface area (TPSA) is 86.3 Å². The van der Waals surface area contributed by atoms with Crippen molar-refractivity contribution in [3.05, 3.63) is 42.7 Å². The van der Waals surface area contributed by atoms with E-state index in [-0.39, 0.29) is 0 Å². The molecule has 1 aliphatic carbocycles. The summed E-state index contributed by atoms with van der Waals surface area (Å²) in [4.78, 5) is 17.7. The van der Waals surface area contributed by atoms with Gasteiger partial charge in [0.1, 0.15) is 0 Å². The smallest absolute Gasteiger partial charge is 0.258 e. The minimum absolute atomic E-state index is 0.463. The fourth-order valence-corrected chi connectivity index (χ4v) is 1.66. The molecule has 0 aliphatic heterocycles. The van der Waals surface area contributed by atoms with Crippen molar-refractivity contribution in [2.75, 3.05) is 0 Å². The summed E-state index contributed by atoms with van der Waals surface area (Å²) >= 11 is 9.84. The molecule has 0 N–H and O–H groups in total. The minimum Gasteiger partial charge on any atom is -0.258 e. The van der Waals surface area contributed by atoms with Crippen molar-refractivity contribution in [3.8, 4) is 0 Å². The quantitative estimate of drug-likeness (QED) is 0.444. The Balaban J connectivity index is 3.59. The average molecular weight is 293 g/mol. The number of hydrogen-bond donors (Lipinski definition) is 0. The van der Waals surface area contributed by atoms with Gasteiger partial charge in [-0.05, 0) is 0 Å². The summed E-state index contributed by atoms with van der Waals surface area (Å²) < 4.78 is 39.6. The van der Waals surface area contributed by atoms with Gasteiger partial charge in [-0.2, -0.15) is 8.78 Å². The van der Waals surface area contributed by atoms with E-state index in [1.807, 2.05) is 0 Å². The van der Waals surface area contributed by atoms with Crippen LogP contribution in [0, 0.1) is 20.2 Å². The van der Waals surface area contributed by atoms with Crippen LogP contribution in [0.5, 0.6) is 0 Å². The zero-order valence-electron chi connectivity index (χ0n) is 7.49. The Labute approximate surface area is 101 Å². The van der Waals surface area contributed by atoms with Crippen molar-refractivity contribution in [2.24, 2.45) is 0 Å². The van der Waals surface area contributed by atoms with Gasteiger partial charge in [0.2, 0.25) is 0 Å². The standard InChI is InChI=1S/C6HCl2F3N2O4/c7-3-2(12(14)15)1-5(9,10)6(8,11)4(3)13(16)17/h1H. The van der Waals surface area contributed by atoms with E-state index in [1.54, 1.807) is 0 Å². The second-order valence-electron chi connectivity index (χ2n) is 2.90. The molecule has 94 valence electrons. The third-order valence-corrected chi connectivity index (χ3v) is 2.65. The molecule has 0 radical (unpaired) electrons. The molecule has 6 nitrogen and oxygen atoms in total. The number of allylic oxidation sites excluding steroid dienone is 3. The molecular formula is C6HCl2F3N2O4. The molecule has 0 aromatic rings. The van der Waals surface area contributed by atoms with Gasteiger partial charge in [-0.15, -0.1) is 0 Å². The predicted octanol–water partition coefficient (Wildman–Crippen LogP) is 2.43. The lowest BCUT2D eigenvalue weighted by Gasteiger charge is -2.25. The second-order valence-corrected chi connectivity index (χ2v) is 3.80. The summed E-state index contributed by atoms with van der Waals surface area (Å²) in [5.41, 5.74) is -3.43. The zero-order chi connectivity index (χ0) is 13.6. The van der Waals surface area contributed by atoms with Gasteiger partial charge in [-0.1, -0.05) is 23.2 Å². The second kappa shape index (κ2) is 3.84. The van der Waals surface area contributed by atoms with Crippen LogP contribution < -0.4 is 0 Å². The first-order valence-electron chi connectivity index (χ1n) is 3.70. The SMILES string of the molecule is O=[N+]([O-])C1=CC(F)(F)C(F)(Cl)C([N+](=O)[O-])=C1Cl.